The normalized spacial score (nSPS) is 10.4. The lowest BCUT2D eigenvalue weighted by Crippen LogP contribution is -1.97. The van der Waals surface area contributed by atoms with Crippen LogP contribution >= 0.6 is 0 Å². The number of nitrogen functional groups attached to an aromatic ring is 1. The van der Waals surface area contributed by atoms with E-state index < -0.39 is 0 Å². The molecule has 0 saturated heterocycles. The summed E-state index contributed by atoms with van der Waals surface area (Å²) in [5.41, 5.74) is 9.32. The highest BCUT2D eigenvalue weighted by atomic mass is 14.8. The molecule has 3 heteroatoms. The van der Waals surface area contributed by atoms with Crippen molar-refractivity contribution in [2.24, 2.45) is 5.92 Å². The molecule has 0 aliphatic rings. The van der Waals surface area contributed by atoms with Crippen molar-refractivity contribution in [3.8, 4) is 17.2 Å². The number of rotatable bonds is 3. The Balaban J connectivity index is 2.38. The van der Waals surface area contributed by atoms with Gasteiger partial charge in [-0.2, -0.15) is 5.26 Å². The van der Waals surface area contributed by atoms with E-state index in [1.165, 1.54) is 5.56 Å². The number of aromatic nitrogens is 1. The first kappa shape index (κ1) is 13.1. The average molecular weight is 251 g/mol. The highest BCUT2D eigenvalue weighted by Crippen LogP contribution is 2.26. The van der Waals surface area contributed by atoms with Crippen LogP contribution in [-0.4, -0.2) is 4.98 Å². The lowest BCUT2D eigenvalue weighted by Gasteiger charge is -2.08. The van der Waals surface area contributed by atoms with Crippen LogP contribution in [0.1, 0.15) is 25.0 Å². The minimum absolute atomic E-state index is 0.284. The van der Waals surface area contributed by atoms with Crippen molar-refractivity contribution in [1.82, 2.24) is 4.98 Å². The van der Waals surface area contributed by atoms with Crippen LogP contribution < -0.4 is 5.73 Å². The van der Waals surface area contributed by atoms with E-state index in [-0.39, 0.29) is 5.82 Å². The van der Waals surface area contributed by atoms with Crippen LogP contribution in [-0.2, 0) is 6.42 Å². The van der Waals surface area contributed by atoms with Gasteiger partial charge in [-0.3, -0.25) is 0 Å². The molecular weight excluding hydrogens is 234 g/mol. The van der Waals surface area contributed by atoms with E-state index >= 15 is 0 Å². The van der Waals surface area contributed by atoms with Gasteiger partial charge in [-0.15, -0.1) is 0 Å². The van der Waals surface area contributed by atoms with Gasteiger partial charge in [0, 0.05) is 11.8 Å². The number of pyridine rings is 1. The lowest BCUT2D eigenvalue weighted by molar-refractivity contribution is 0.647. The van der Waals surface area contributed by atoms with Crippen LogP contribution in [0.4, 0.5) is 5.82 Å². The average Bonchev–Trinajstić information content (AvgIpc) is 2.38. The monoisotopic (exact) mass is 251 g/mol. The van der Waals surface area contributed by atoms with E-state index in [9.17, 15) is 0 Å². The molecule has 1 aromatic heterocycles. The number of hydrogen-bond acceptors (Lipinski definition) is 3. The molecule has 1 aromatic carbocycles. The molecule has 0 unspecified atom stereocenters. The Labute approximate surface area is 113 Å². The minimum Gasteiger partial charge on any atom is -0.383 e. The molecule has 0 atom stereocenters. The fraction of sp³-hybridized carbons (Fsp3) is 0.250. The quantitative estimate of drug-likeness (QED) is 0.909. The third-order valence-corrected chi connectivity index (χ3v) is 3.00. The third-order valence-electron chi connectivity index (χ3n) is 3.00. The Morgan fingerprint density at radius 1 is 1.21 bits per heavy atom. The van der Waals surface area contributed by atoms with E-state index in [4.69, 9.17) is 11.0 Å². The summed E-state index contributed by atoms with van der Waals surface area (Å²) >= 11 is 0. The number of nitrogens with two attached hydrogens (primary N) is 1. The molecule has 96 valence electrons. The first-order chi connectivity index (χ1) is 9.11. The number of nitrogens with zero attached hydrogens (tertiary/aromatic N) is 2. The first-order valence-corrected chi connectivity index (χ1v) is 6.35. The van der Waals surface area contributed by atoms with Crippen molar-refractivity contribution in [3.05, 3.63) is 47.7 Å². The molecule has 3 nitrogen and oxygen atoms in total. The SMILES string of the molecule is CC(C)Cc1ccc(-c2ccnc(N)c2C#N)cc1. The molecular formula is C16H17N3. The van der Waals surface area contributed by atoms with Gasteiger partial charge in [0.25, 0.3) is 0 Å². The highest BCUT2D eigenvalue weighted by Gasteiger charge is 2.09. The molecule has 0 aliphatic heterocycles. The summed E-state index contributed by atoms with van der Waals surface area (Å²) in [7, 11) is 0. The van der Waals surface area contributed by atoms with Crippen LogP contribution in [0.15, 0.2) is 36.5 Å². The second-order valence-electron chi connectivity index (χ2n) is 5.03. The van der Waals surface area contributed by atoms with Gasteiger partial charge < -0.3 is 5.73 Å². The Morgan fingerprint density at radius 3 is 2.47 bits per heavy atom. The molecule has 19 heavy (non-hydrogen) atoms. The summed E-state index contributed by atoms with van der Waals surface area (Å²) in [6, 6.07) is 12.2. The van der Waals surface area contributed by atoms with Crippen LogP contribution in [0.3, 0.4) is 0 Å². The molecule has 0 bridgehead atoms. The molecule has 0 aliphatic carbocycles. The summed E-state index contributed by atoms with van der Waals surface area (Å²) in [6.07, 6.45) is 2.69. The van der Waals surface area contributed by atoms with E-state index in [0.29, 0.717) is 11.5 Å². The first-order valence-electron chi connectivity index (χ1n) is 6.35. The van der Waals surface area contributed by atoms with Crippen LogP contribution in [0.25, 0.3) is 11.1 Å². The predicted molar refractivity (Wildman–Crippen MR) is 77.3 cm³/mol. The largest absolute Gasteiger partial charge is 0.383 e. The van der Waals surface area contributed by atoms with Crippen molar-refractivity contribution in [1.29, 1.82) is 5.26 Å². The maximum atomic E-state index is 9.16. The van der Waals surface area contributed by atoms with E-state index in [1.807, 2.05) is 18.2 Å². The predicted octanol–water partition coefficient (Wildman–Crippen LogP) is 3.40. The van der Waals surface area contributed by atoms with Crippen LogP contribution in [0.2, 0.25) is 0 Å². The zero-order chi connectivity index (χ0) is 13.8. The van der Waals surface area contributed by atoms with E-state index in [2.05, 4.69) is 37.0 Å². The summed E-state index contributed by atoms with van der Waals surface area (Å²) < 4.78 is 0. The van der Waals surface area contributed by atoms with Gasteiger partial charge in [0.1, 0.15) is 17.5 Å². The summed E-state index contributed by atoms with van der Waals surface area (Å²) in [6.45, 7) is 4.40. The van der Waals surface area contributed by atoms with Gasteiger partial charge in [0.15, 0.2) is 0 Å². The smallest absolute Gasteiger partial charge is 0.141 e. The topological polar surface area (TPSA) is 62.7 Å². The molecule has 0 saturated carbocycles. The molecule has 0 spiro atoms. The van der Waals surface area contributed by atoms with E-state index in [1.54, 1.807) is 6.20 Å². The minimum atomic E-state index is 0.284. The van der Waals surface area contributed by atoms with Crippen LogP contribution in [0.5, 0.6) is 0 Å². The van der Waals surface area contributed by atoms with Crippen molar-refractivity contribution >= 4 is 5.82 Å². The van der Waals surface area contributed by atoms with Gasteiger partial charge in [-0.05, 0) is 29.5 Å². The highest BCUT2D eigenvalue weighted by molar-refractivity contribution is 5.75. The Morgan fingerprint density at radius 2 is 1.89 bits per heavy atom. The Kier molecular flexibility index (Phi) is 3.82. The lowest BCUT2D eigenvalue weighted by atomic mass is 9.97. The van der Waals surface area contributed by atoms with E-state index in [0.717, 1.165) is 17.5 Å². The fourth-order valence-electron chi connectivity index (χ4n) is 2.13. The summed E-state index contributed by atoms with van der Waals surface area (Å²) in [5.74, 6) is 0.920. The number of hydrogen-bond donors (Lipinski definition) is 1. The zero-order valence-corrected chi connectivity index (χ0v) is 11.2. The number of anilines is 1. The molecule has 2 N–H and O–H groups in total. The molecule has 0 fully saturated rings. The fourth-order valence-corrected chi connectivity index (χ4v) is 2.13. The summed E-state index contributed by atoms with van der Waals surface area (Å²) in [5, 5.41) is 9.16. The zero-order valence-electron chi connectivity index (χ0n) is 11.2. The summed E-state index contributed by atoms with van der Waals surface area (Å²) in [4.78, 5) is 3.95. The molecule has 0 radical (unpaired) electrons. The van der Waals surface area contributed by atoms with Crippen molar-refractivity contribution in [3.63, 3.8) is 0 Å². The second-order valence-corrected chi connectivity index (χ2v) is 5.03. The van der Waals surface area contributed by atoms with Gasteiger partial charge >= 0.3 is 0 Å². The van der Waals surface area contributed by atoms with Crippen molar-refractivity contribution < 1.29 is 0 Å². The van der Waals surface area contributed by atoms with Crippen molar-refractivity contribution in [2.45, 2.75) is 20.3 Å². The number of nitriles is 1. The Hall–Kier alpha value is -2.34. The van der Waals surface area contributed by atoms with Crippen LogP contribution in [0, 0.1) is 17.2 Å². The molecule has 2 aromatic rings. The standard InChI is InChI=1S/C16H17N3/c1-11(2)9-12-3-5-13(6-4-12)14-7-8-19-16(18)15(14)10-17/h3-8,11H,9H2,1-2H3,(H2,18,19). The maximum absolute atomic E-state index is 9.16. The Bertz CT molecular complexity index is 607. The molecule has 0 amide bonds. The third kappa shape index (κ3) is 2.92. The van der Waals surface area contributed by atoms with Gasteiger partial charge in [0.05, 0.1) is 0 Å². The molecule has 1 heterocycles. The second kappa shape index (κ2) is 5.53. The van der Waals surface area contributed by atoms with Gasteiger partial charge in [-0.1, -0.05) is 38.1 Å². The van der Waals surface area contributed by atoms with Gasteiger partial charge in [0.2, 0.25) is 0 Å². The number of benzene rings is 1. The maximum Gasteiger partial charge on any atom is 0.141 e. The van der Waals surface area contributed by atoms with Crippen molar-refractivity contribution in [2.75, 3.05) is 5.73 Å². The van der Waals surface area contributed by atoms with Gasteiger partial charge in [-0.25, -0.2) is 4.98 Å². The molecule has 2 rings (SSSR count).